The van der Waals surface area contributed by atoms with Gasteiger partial charge in [0, 0.05) is 5.56 Å². The van der Waals surface area contributed by atoms with Gasteiger partial charge in [0.15, 0.2) is 11.5 Å². The van der Waals surface area contributed by atoms with E-state index < -0.39 is 35.9 Å². The lowest BCUT2D eigenvalue weighted by atomic mass is 10.1. The van der Waals surface area contributed by atoms with Crippen LogP contribution < -0.4 is 0 Å². The fraction of sp³-hybridized carbons (Fsp3) is 0.118. The number of fused-ring (bicyclic) bond motifs is 1. The molecule has 0 fully saturated rings. The average Bonchev–Trinajstić information content (AvgIpc) is 2.86. The Bertz CT molecular complexity index is 856. The molecule has 0 spiro atoms. The molecule has 0 saturated carbocycles. The molecular formula is C17H13NO7. The summed E-state index contributed by atoms with van der Waals surface area (Å²) < 4.78 is 4.55. The summed E-state index contributed by atoms with van der Waals surface area (Å²) in [7, 11) is 1.17. The fourth-order valence-corrected chi connectivity index (χ4v) is 2.44. The number of aromatic hydroxyl groups is 2. The molecule has 25 heavy (non-hydrogen) atoms. The highest BCUT2D eigenvalue weighted by Gasteiger charge is 2.36. The maximum Gasteiger partial charge on any atom is 0.337 e. The molecule has 0 aliphatic carbocycles. The molecule has 0 bridgehead atoms. The van der Waals surface area contributed by atoms with Crippen LogP contribution in [-0.4, -0.2) is 40.2 Å². The Morgan fingerprint density at radius 1 is 1.08 bits per heavy atom. The predicted octanol–water partition coefficient (Wildman–Crippen LogP) is 1.61. The summed E-state index contributed by atoms with van der Waals surface area (Å²) in [6.45, 7) is -0.421. The number of carbonyl (C=O) groups is 3. The van der Waals surface area contributed by atoms with Gasteiger partial charge >= 0.3 is 5.97 Å². The quantitative estimate of drug-likeness (QED) is 0.492. The second-order valence-electron chi connectivity index (χ2n) is 5.22. The number of amides is 2. The van der Waals surface area contributed by atoms with Crippen LogP contribution in [-0.2, 0) is 16.2 Å². The average molecular weight is 343 g/mol. The first-order valence-electron chi connectivity index (χ1n) is 7.18. The zero-order valence-corrected chi connectivity index (χ0v) is 13.1. The molecule has 0 radical (unpaired) electrons. The summed E-state index contributed by atoms with van der Waals surface area (Å²) >= 11 is 0. The maximum atomic E-state index is 12.2. The van der Waals surface area contributed by atoms with Gasteiger partial charge in [-0.25, -0.2) is 4.79 Å². The Morgan fingerprint density at radius 2 is 1.68 bits per heavy atom. The molecule has 2 amide bonds. The molecule has 0 aromatic heterocycles. The van der Waals surface area contributed by atoms with E-state index in [0.717, 1.165) is 6.07 Å². The highest BCUT2D eigenvalue weighted by atomic mass is 16.7. The van der Waals surface area contributed by atoms with Crippen molar-refractivity contribution < 1.29 is 34.2 Å². The Morgan fingerprint density at radius 3 is 2.24 bits per heavy atom. The number of phenolic OH excluding ortho intramolecular Hbond substituents is 2. The first-order chi connectivity index (χ1) is 11.9. The Labute approximate surface area is 141 Å². The summed E-state index contributed by atoms with van der Waals surface area (Å²) in [6, 6.07) is 8.51. The molecule has 0 unspecified atom stereocenters. The highest BCUT2D eigenvalue weighted by Crippen LogP contribution is 2.32. The molecule has 0 atom stereocenters. The molecule has 0 saturated heterocycles. The number of carbonyl (C=O) groups excluding carboxylic acids is 3. The van der Waals surface area contributed by atoms with Gasteiger partial charge in [0.25, 0.3) is 11.8 Å². The molecule has 8 heteroatoms. The van der Waals surface area contributed by atoms with Crippen molar-refractivity contribution in [2.24, 2.45) is 0 Å². The van der Waals surface area contributed by atoms with Gasteiger partial charge in [0.1, 0.15) is 6.61 Å². The lowest BCUT2D eigenvalue weighted by Crippen LogP contribution is -2.29. The molecule has 1 aliphatic rings. The lowest BCUT2D eigenvalue weighted by molar-refractivity contribution is -0.101. The van der Waals surface area contributed by atoms with Crippen LogP contribution in [0.3, 0.4) is 0 Å². The van der Waals surface area contributed by atoms with Gasteiger partial charge in [-0.15, -0.1) is 5.06 Å². The summed E-state index contributed by atoms with van der Waals surface area (Å²) in [6.07, 6.45) is 0. The second kappa shape index (κ2) is 6.25. The van der Waals surface area contributed by atoms with Crippen molar-refractivity contribution in [2.75, 3.05) is 7.11 Å². The van der Waals surface area contributed by atoms with Crippen LogP contribution in [0.5, 0.6) is 11.5 Å². The van der Waals surface area contributed by atoms with Crippen molar-refractivity contribution in [3.8, 4) is 11.5 Å². The zero-order valence-electron chi connectivity index (χ0n) is 13.1. The number of hydroxylamine groups is 2. The Balaban J connectivity index is 1.83. The van der Waals surface area contributed by atoms with E-state index in [1.165, 1.54) is 25.3 Å². The molecule has 1 heterocycles. The van der Waals surface area contributed by atoms with E-state index in [9.17, 15) is 24.6 Å². The van der Waals surface area contributed by atoms with E-state index in [-0.39, 0.29) is 22.3 Å². The first-order valence-corrected chi connectivity index (χ1v) is 7.18. The van der Waals surface area contributed by atoms with Gasteiger partial charge < -0.3 is 14.9 Å². The largest absolute Gasteiger partial charge is 0.504 e. The van der Waals surface area contributed by atoms with Crippen LogP contribution in [0.2, 0.25) is 0 Å². The number of benzene rings is 2. The van der Waals surface area contributed by atoms with Crippen molar-refractivity contribution in [3.05, 3.63) is 58.7 Å². The third-order valence-electron chi connectivity index (χ3n) is 3.70. The monoisotopic (exact) mass is 343 g/mol. The van der Waals surface area contributed by atoms with E-state index in [4.69, 9.17) is 4.84 Å². The minimum atomic E-state index is -0.725. The maximum absolute atomic E-state index is 12.2. The molecule has 8 nitrogen and oxygen atoms in total. The molecular weight excluding hydrogens is 330 g/mol. The predicted molar refractivity (Wildman–Crippen MR) is 82.8 cm³/mol. The van der Waals surface area contributed by atoms with Crippen LogP contribution in [0, 0.1) is 0 Å². The van der Waals surface area contributed by atoms with E-state index in [0.29, 0.717) is 5.06 Å². The van der Waals surface area contributed by atoms with Crippen molar-refractivity contribution in [2.45, 2.75) is 6.61 Å². The summed E-state index contributed by atoms with van der Waals surface area (Å²) in [5.41, 5.74) is 0.418. The topological polar surface area (TPSA) is 113 Å². The molecule has 1 aliphatic heterocycles. The van der Waals surface area contributed by atoms with E-state index in [1.807, 2.05) is 0 Å². The van der Waals surface area contributed by atoms with Gasteiger partial charge in [0.2, 0.25) is 0 Å². The Kier molecular flexibility index (Phi) is 4.12. The van der Waals surface area contributed by atoms with Gasteiger partial charge in [0.05, 0.1) is 23.8 Å². The Hall–Kier alpha value is -3.39. The highest BCUT2D eigenvalue weighted by molar-refractivity contribution is 6.20. The number of hydrogen-bond donors (Lipinski definition) is 2. The number of rotatable bonds is 4. The molecule has 128 valence electrons. The third kappa shape index (κ3) is 2.79. The fourth-order valence-electron chi connectivity index (χ4n) is 2.44. The second-order valence-corrected chi connectivity index (χ2v) is 5.22. The number of nitrogens with zero attached hydrogens (tertiary/aromatic N) is 1. The summed E-state index contributed by atoms with van der Waals surface area (Å²) in [5.74, 6) is -3.06. The number of ether oxygens (including phenoxy) is 1. The van der Waals surface area contributed by atoms with Crippen LogP contribution in [0.25, 0.3) is 0 Å². The van der Waals surface area contributed by atoms with Crippen LogP contribution in [0.15, 0.2) is 36.4 Å². The smallest absolute Gasteiger partial charge is 0.337 e. The number of hydrogen-bond acceptors (Lipinski definition) is 7. The summed E-state index contributed by atoms with van der Waals surface area (Å²) in [4.78, 5) is 41.2. The van der Waals surface area contributed by atoms with Crippen molar-refractivity contribution in [1.29, 1.82) is 0 Å². The molecule has 2 aromatic carbocycles. The molecule has 3 rings (SSSR count). The zero-order chi connectivity index (χ0) is 18.1. The van der Waals surface area contributed by atoms with Crippen LogP contribution in [0.1, 0.15) is 36.6 Å². The number of methoxy groups -OCH3 is 1. The lowest BCUT2D eigenvalue weighted by Gasteiger charge is -2.15. The SMILES string of the molecule is COC(=O)c1cc(O)c(O)c(CON2C(=O)c3ccccc3C2=O)c1. The summed E-state index contributed by atoms with van der Waals surface area (Å²) in [5, 5.41) is 20.2. The number of esters is 1. The molecule has 2 aromatic rings. The number of phenols is 2. The van der Waals surface area contributed by atoms with Crippen molar-refractivity contribution >= 4 is 17.8 Å². The minimum Gasteiger partial charge on any atom is -0.504 e. The van der Waals surface area contributed by atoms with Gasteiger partial charge in [-0.2, -0.15) is 0 Å². The van der Waals surface area contributed by atoms with E-state index >= 15 is 0 Å². The van der Waals surface area contributed by atoms with Gasteiger partial charge in [-0.05, 0) is 24.3 Å². The third-order valence-corrected chi connectivity index (χ3v) is 3.70. The van der Waals surface area contributed by atoms with Gasteiger partial charge in [-0.1, -0.05) is 12.1 Å². The van der Waals surface area contributed by atoms with E-state index in [2.05, 4.69) is 4.74 Å². The number of imide groups is 1. The normalized spacial score (nSPS) is 13.1. The van der Waals surface area contributed by atoms with Crippen molar-refractivity contribution in [1.82, 2.24) is 5.06 Å². The van der Waals surface area contributed by atoms with Crippen molar-refractivity contribution in [3.63, 3.8) is 0 Å². The standard InChI is InChI=1S/C17H13NO7/c1-24-17(23)9-6-10(14(20)13(19)7-9)8-25-18-15(21)11-4-2-3-5-12(11)16(18)22/h2-7,19-20H,8H2,1H3. The first kappa shape index (κ1) is 16.5. The van der Waals surface area contributed by atoms with Crippen LogP contribution in [0.4, 0.5) is 0 Å². The minimum absolute atomic E-state index is 0.0111. The molecule has 2 N–H and O–H groups in total. The van der Waals surface area contributed by atoms with E-state index in [1.54, 1.807) is 12.1 Å². The van der Waals surface area contributed by atoms with Gasteiger partial charge in [-0.3, -0.25) is 14.4 Å². The van der Waals surface area contributed by atoms with Crippen LogP contribution >= 0.6 is 0 Å².